The molecule has 0 amide bonds. The summed E-state index contributed by atoms with van der Waals surface area (Å²) in [4.78, 5) is 25.5. The molecule has 1 aliphatic rings. The predicted molar refractivity (Wildman–Crippen MR) is 165 cm³/mol. The fourth-order valence-electron chi connectivity index (χ4n) is 4.85. The minimum Gasteiger partial charge on any atom is -0.508 e. The Labute approximate surface area is 246 Å². The van der Waals surface area contributed by atoms with Gasteiger partial charge < -0.3 is 20.2 Å². The van der Waals surface area contributed by atoms with Crippen molar-refractivity contribution in [2.24, 2.45) is 0 Å². The molecule has 10 heteroatoms. The monoisotopic (exact) mass is 572 g/mol. The standard InChI is InChI=1S/C31H37ClN8O/c1-38(17-3-5-24-6-10-27(32)11-7-24)30-35-29(34-16-14-25-8-12-28(41)13-9-25)36-31(37-30)40-20-18-39(19-21-40)23-26-4-2-15-33-22-26/h2,4,6-13,15,22,41H,3,5,14,16-21,23H2,1H3,(H,34,35,36,37). The van der Waals surface area contributed by atoms with Gasteiger partial charge in [0.1, 0.15) is 5.75 Å². The van der Waals surface area contributed by atoms with Crippen LogP contribution in [0.3, 0.4) is 0 Å². The Morgan fingerprint density at radius 2 is 1.61 bits per heavy atom. The van der Waals surface area contributed by atoms with Gasteiger partial charge in [0, 0.05) is 70.3 Å². The van der Waals surface area contributed by atoms with Gasteiger partial charge >= 0.3 is 0 Å². The molecular weight excluding hydrogens is 536 g/mol. The van der Waals surface area contributed by atoms with E-state index in [0.29, 0.717) is 24.4 Å². The number of aryl methyl sites for hydroxylation is 1. The van der Waals surface area contributed by atoms with E-state index in [-0.39, 0.29) is 5.75 Å². The van der Waals surface area contributed by atoms with Crippen LogP contribution in [-0.4, -0.2) is 76.3 Å². The van der Waals surface area contributed by atoms with Crippen LogP contribution in [0.1, 0.15) is 23.1 Å². The number of anilines is 3. The van der Waals surface area contributed by atoms with Crippen LogP contribution in [0.15, 0.2) is 73.1 Å². The van der Waals surface area contributed by atoms with E-state index in [1.54, 1.807) is 12.1 Å². The van der Waals surface area contributed by atoms with Crippen molar-refractivity contribution in [3.8, 4) is 5.75 Å². The molecule has 0 spiro atoms. The summed E-state index contributed by atoms with van der Waals surface area (Å²) in [6.45, 7) is 5.93. The van der Waals surface area contributed by atoms with Crippen LogP contribution in [0.4, 0.5) is 17.8 Å². The first-order valence-electron chi connectivity index (χ1n) is 14.1. The summed E-state index contributed by atoms with van der Waals surface area (Å²) in [6, 6.07) is 19.4. The topological polar surface area (TPSA) is 93.5 Å². The Hall–Kier alpha value is -3.95. The van der Waals surface area contributed by atoms with Gasteiger partial charge in [0.2, 0.25) is 17.8 Å². The number of rotatable bonds is 12. The molecule has 5 rings (SSSR count). The molecule has 0 bridgehead atoms. The summed E-state index contributed by atoms with van der Waals surface area (Å²) >= 11 is 6.04. The lowest BCUT2D eigenvalue weighted by atomic mass is 10.1. The van der Waals surface area contributed by atoms with Gasteiger partial charge in [-0.2, -0.15) is 15.0 Å². The number of aromatic hydroxyl groups is 1. The van der Waals surface area contributed by atoms with Gasteiger partial charge in [-0.1, -0.05) is 41.9 Å². The molecule has 2 aromatic heterocycles. The van der Waals surface area contributed by atoms with Gasteiger partial charge in [0.15, 0.2) is 0 Å². The van der Waals surface area contributed by atoms with Gasteiger partial charge in [0.25, 0.3) is 0 Å². The van der Waals surface area contributed by atoms with Crippen LogP contribution in [-0.2, 0) is 19.4 Å². The highest BCUT2D eigenvalue weighted by Gasteiger charge is 2.21. The van der Waals surface area contributed by atoms with Gasteiger partial charge in [-0.3, -0.25) is 9.88 Å². The fourth-order valence-corrected chi connectivity index (χ4v) is 4.98. The number of aromatic nitrogens is 4. The molecule has 41 heavy (non-hydrogen) atoms. The number of phenolic OH excluding ortho intramolecular Hbond substituents is 1. The van der Waals surface area contributed by atoms with E-state index in [9.17, 15) is 5.11 Å². The maximum absolute atomic E-state index is 9.56. The molecule has 214 valence electrons. The van der Waals surface area contributed by atoms with Crippen LogP contribution < -0.4 is 15.1 Å². The van der Waals surface area contributed by atoms with Crippen molar-refractivity contribution in [2.75, 3.05) is 61.4 Å². The summed E-state index contributed by atoms with van der Waals surface area (Å²) < 4.78 is 0. The zero-order chi connectivity index (χ0) is 28.4. The lowest BCUT2D eigenvalue weighted by molar-refractivity contribution is 0.248. The molecule has 1 fully saturated rings. The number of halogens is 1. The Kier molecular flexibility index (Phi) is 9.82. The van der Waals surface area contributed by atoms with Crippen LogP contribution in [0.5, 0.6) is 5.75 Å². The predicted octanol–water partition coefficient (Wildman–Crippen LogP) is 4.67. The second-order valence-electron chi connectivity index (χ2n) is 10.4. The largest absolute Gasteiger partial charge is 0.508 e. The first-order chi connectivity index (χ1) is 20.0. The van der Waals surface area contributed by atoms with E-state index in [4.69, 9.17) is 26.6 Å². The number of hydrogen-bond donors (Lipinski definition) is 2. The lowest BCUT2D eigenvalue weighted by Crippen LogP contribution is -2.46. The Bertz CT molecular complexity index is 1360. The second kappa shape index (κ2) is 14.1. The van der Waals surface area contributed by atoms with E-state index in [1.165, 1.54) is 11.1 Å². The van der Waals surface area contributed by atoms with Crippen molar-refractivity contribution in [3.63, 3.8) is 0 Å². The average Bonchev–Trinajstić information content (AvgIpc) is 3.00. The fraction of sp³-hybridized carbons (Fsp3) is 0.355. The summed E-state index contributed by atoms with van der Waals surface area (Å²) in [7, 11) is 2.03. The number of benzene rings is 2. The summed E-state index contributed by atoms with van der Waals surface area (Å²) in [5, 5.41) is 13.7. The molecule has 0 unspecified atom stereocenters. The highest BCUT2D eigenvalue weighted by molar-refractivity contribution is 6.30. The normalized spacial score (nSPS) is 13.8. The van der Waals surface area contributed by atoms with Crippen LogP contribution in [0.25, 0.3) is 0 Å². The third-order valence-electron chi connectivity index (χ3n) is 7.24. The third-order valence-corrected chi connectivity index (χ3v) is 7.49. The van der Waals surface area contributed by atoms with Crippen molar-refractivity contribution in [1.29, 1.82) is 0 Å². The third kappa shape index (κ3) is 8.52. The molecule has 4 aromatic rings. The molecule has 0 aliphatic carbocycles. The zero-order valence-corrected chi connectivity index (χ0v) is 24.2. The van der Waals surface area contributed by atoms with Gasteiger partial charge in [-0.25, -0.2) is 0 Å². The average molecular weight is 573 g/mol. The van der Waals surface area contributed by atoms with Crippen molar-refractivity contribution in [2.45, 2.75) is 25.8 Å². The molecule has 9 nitrogen and oxygen atoms in total. The number of nitrogens with one attached hydrogen (secondary N) is 1. The number of piperazine rings is 1. The summed E-state index contributed by atoms with van der Waals surface area (Å²) in [5.74, 6) is 2.21. The summed E-state index contributed by atoms with van der Waals surface area (Å²) in [6.07, 6.45) is 6.46. The Morgan fingerprint density at radius 3 is 2.34 bits per heavy atom. The zero-order valence-electron chi connectivity index (χ0n) is 23.5. The maximum atomic E-state index is 9.56. The first kappa shape index (κ1) is 28.6. The van der Waals surface area contributed by atoms with Crippen molar-refractivity contribution in [1.82, 2.24) is 24.8 Å². The van der Waals surface area contributed by atoms with Gasteiger partial charge in [-0.15, -0.1) is 0 Å². The smallest absolute Gasteiger partial charge is 0.232 e. The highest BCUT2D eigenvalue weighted by Crippen LogP contribution is 2.20. The van der Waals surface area contributed by atoms with E-state index in [0.717, 1.165) is 69.1 Å². The number of pyridine rings is 1. The van der Waals surface area contributed by atoms with Crippen LogP contribution >= 0.6 is 11.6 Å². The first-order valence-corrected chi connectivity index (χ1v) is 14.5. The Morgan fingerprint density at radius 1 is 0.878 bits per heavy atom. The number of nitrogens with zero attached hydrogens (tertiary/aromatic N) is 7. The second-order valence-corrected chi connectivity index (χ2v) is 10.8. The molecular formula is C31H37ClN8O. The minimum absolute atomic E-state index is 0.271. The Balaban J connectivity index is 1.24. The van der Waals surface area contributed by atoms with E-state index < -0.39 is 0 Å². The number of hydrogen-bond acceptors (Lipinski definition) is 9. The van der Waals surface area contributed by atoms with Gasteiger partial charge in [-0.05, 0) is 66.3 Å². The molecule has 0 radical (unpaired) electrons. The minimum atomic E-state index is 0.271. The molecule has 0 atom stereocenters. The number of phenols is 1. The van der Waals surface area contributed by atoms with E-state index >= 15 is 0 Å². The van der Waals surface area contributed by atoms with Crippen molar-refractivity contribution in [3.05, 3.63) is 94.8 Å². The molecule has 1 aliphatic heterocycles. The van der Waals surface area contributed by atoms with E-state index in [2.05, 4.69) is 43.2 Å². The quantitative estimate of drug-likeness (QED) is 0.251. The van der Waals surface area contributed by atoms with Crippen molar-refractivity contribution < 1.29 is 5.11 Å². The molecule has 1 saturated heterocycles. The lowest BCUT2D eigenvalue weighted by Gasteiger charge is -2.35. The maximum Gasteiger partial charge on any atom is 0.232 e. The summed E-state index contributed by atoms with van der Waals surface area (Å²) in [5.41, 5.74) is 3.62. The van der Waals surface area contributed by atoms with Crippen molar-refractivity contribution >= 4 is 29.4 Å². The van der Waals surface area contributed by atoms with E-state index in [1.807, 2.05) is 49.8 Å². The van der Waals surface area contributed by atoms with Crippen LogP contribution in [0.2, 0.25) is 5.02 Å². The molecule has 2 N–H and O–H groups in total. The molecule has 0 saturated carbocycles. The molecule has 3 heterocycles. The van der Waals surface area contributed by atoms with Gasteiger partial charge in [0.05, 0.1) is 0 Å². The SMILES string of the molecule is CN(CCCc1ccc(Cl)cc1)c1nc(NCCc2ccc(O)cc2)nc(N2CCN(Cc3cccnc3)CC2)n1. The highest BCUT2D eigenvalue weighted by atomic mass is 35.5. The molecule has 2 aromatic carbocycles. The van der Waals surface area contributed by atoms with Crippen LogP contribution in [0, 0.1) is 0 Å².